The third kappa shape index (κ3) is 6.40. The number of aromatic nitrogens is 4. The summed E-state index contributed by atoms with van der Waals surface area (Å²) in [5.74, 6) is -0.683. The molecule has 1 aliphatic carbocycles. The van der Waals surface area contributed by atoms with Crippen LogP contribution in [0.3, 0.4) is 0 Å². The Kier molecular flexibility index (Phi) is 8.81. The Morgan fingerprint density at radius 1 is 1.30 bits per heavy atom. The topological polar surface area (TPSA) is 185 Å². The second-order valence-electron chi connectivity index (χ2n) is 10.1. The lowest BCUT2D eigenvalue weighted by Crippen LogP contribution is -2.49. The fraction of sp³-hybridized carbons (Fsp3) is 0.520. The third-order valence-electron chi connectivity index (χ3n) is 6.80. The lowest BCUT2D eigenvalue weighted by Gasteiger charge is -2.28. The normalized spacial score (nSPS) is 25.9. The van der Waals surface area contributed by atoms with Gasteiger partial charge in [-0.05, 0) is 38.8 Å². The number of nitrogens with two attached hydrogens (primary N) is 1. The van der Waals surface area contributed by atoms with Gasteiger partial charge in [-0.1, -0.05) is 18.2 Å². The van der Waals surface area contributed by atoms with Crippen LogP contribution in [-0.4, -0.2) is 80.2 Å². The van der Waals surface area contributed by atoms with E-state index in [0.29, 0.717) is 0 Å². The molecule has 43 heavy (non-hydrogen) atoms. The summed E-state index contributed by atoms with van der Waals surface area (Å²) in [7, 11) is -4.48. The minimum absolute atomic E-state index is 0.0445. The Hall–Kier alpha value is -3.50. The van der Waals surface area contributed by atoms with E-state index in [-0.39, 0.29) is 41.3 Å². The Balaban J connectivity index is 1.41. The van der Waals surface area contributed by atoms with E-state index in [0.717, 1.165) is 23.7 Å². The number of aliphatic hydroxyl groups is 1. The highest BCUT2D eigenvalue weighted by Crippen LogP contribution is 2.50. The van der Waals surface area contributed by atoms with E-state index in [2.05, 4.69) is 25.4 Å². The quantitative estimate of drug-likeness (QED) is 0.160. The molecule has 0 bridgehead atoms. The van der Waals surface area contributed by atoms with Crippen LogP contribution in [-0.2, 0) is 23.4 Å². The van der Waals surface area contributed by atoms with E-state index in [1.165, 1.54) is 19.1 Å². The van der Waals surface area contributed by atoms with Crippen LogP contribution in [0.15, 0.2) is 36.7 Å². The van der Waals surface area contributed by atoms with Crippen molar-refractivity contribution in [3.8, 4) is 5.75 Å². The van der Waals surface area contributed by atoms with Gasteiger partial charge < -0.3 is 30.2 Å². The number of hydrogen-bond acceptors (Lipinski definition) is 12. The summed E-state index contributed by atoms with van der Waals surface area (Å²) in [6.07, 6.45) is -7.34. The summed E-state index contributed by atoms with van der Waals surface area (Å²) in [4.78, 5) is 24.5. The molecule has 18 heteroatoms. The Morgan fingerprint density at radius 2 is 2.02 bits per heavy atom. The van der Waals surface area contributed by atoms with Crippen molar-refractivity contribution in [2.75, 3.05) is 24.3 Å². The minimum Gasteiger partial charge on any atom is -0.465 e. The fourth-order valence-corrected chi connectivity index (χ4v) is 5.99. The number of nitrogen functional groups attached to an aromatic ring is 1. The van der Waals surface area contributed by atoms with Gasteiger partial charge in [0.1, 0.15) is 24.0 Å². The van der Waals surface area contributed by atoms with E-state index in [1.807, 2.05) is 0 Å². The number of rotatable bonds is 13. The molecule has 0 spiro atoms. The number of fused-ring (bicyclic) bond motifs is 1. The molecule has 3 aromatic rings. The molecule has 5 rings (SSSR count). The van der Waals surface area contributed by atoms with Crippen LogP contribution in [0.25, 0.3) is 11.2 Å². The van der Waals surface area contributed by atoms with Crippen molar-refractivity contribution in [1.82, 2.24) is 24.6 Å². The summed E-state index contributed by atoms with van der Waals surface area (Å²) in [5.41, 5.74) is 2.17. The third-order valence-corrected chi connectivity index (χ3v) is 8.44. The molecule has 3 heterocycles. The lowest BCUT2D eigenvalue weighted by molar-refractivity contribution is -0.144. The second-order valence-corrected chi connectivity index (χ2v) is 11.8. The SMILES string of the molecule is CCOC(=O)[C@@H](C)NP(=O)(OC[C@H]1O[C@@H](n2cnc3c(NC4CC4)nc(N)nc32)[C@@](F)(C(F)F)[C@@H]1O)Oc1ccccc1. The molecular formula is C25H31F3N7O7P. The van der Waals surface area contributed by atoms with Crippen LogP contribution in [0.1, 0.15) is 32.9 Å². The number of esters is 1. The van der Waals surface area contributed by atoms with Gasteiger partial charge >= 0.3 is 13.7 Å². The van der Waals surface area contributed by atoms with Gasteiger partial charge in [-0.2, -0.15) is 15.1 Å². The Morgan fingerprint density at radius 3 is 2.67 bits per heavy atom. The van der Waals surface area contributed by atoms with Crippen LogP contribution in [0, 0.1) is 0 Å². The molecule has 6 atom stereocenters. The van der Waals surface area contributed by atoms with Crippen molar-refractivity contribution in [3.05, 3.63) is 36.7 Å². The second kappa shape index (κ2) is 12.2. The van der Waals surface area contributed by atoms with Crippen molar-refractivity contribution < 1.29 is 46.2 Å². The molecule has 1 saturated carbocycles. The number of hydrogen-bond donors (Lipinski definition) is 4. The average molecular weight is 630 g/mol. The number of halogens is 3. The van der Waals surface area contributed by atoms with Gasteiger partial charge in [0.25, 0.3) is 6.43 Å². The summed E-state index contributed by atoms with van der Waals surface area (Å²) in [6.45, 7) is 2.08. The van der Waals surface area contributed by atoms with Gasteiger partial charge in [0.05, 0.1) is 19.5 Å². The molecule has 1 saturated heterocycles. The zero-order valence-electron chi connectivity index (χ0n) is 23.1. The number of anilines is 2. The van der Waals surface area contributed by atoms with Gasteiger partial charge in [-0.3, -0.25) is 13.9 Å². The first-order chi connectivity index (χ1) is 20.4. The first-order valence-electron chi connectivity index (χ1n) is 13.5. The van der Waals surface area contributed by atoms with Gasteiger partial charge in [0.15, 0.2) is 23.2 Å². The molecule has 1 aliphatic heterocycles. The van der Waals surface area contributed by atoms with E-state index in [9.17, 15) is 23.2 Å². The van der Waals surface area contributed by atoms with E-state index in [4.69, 9.17) is 24.3 Å². The number of nitrogens with zero attached hydrogens (tertiary/aromatic N) is 4. The summed E-state index contributed by atoms with van der Waals surface area (Å²) in [5, 5.41) is 16.3. The zero-order valence-corrected chi connectivity index (χ0v) is 24.0. The Bertz CT molecular complexity index is 1500. The highest BCUT2D eigenvalue weighted by Gasteiger charge is 2.64. The van der Waals surface area contributed by atoms with E-state index < -0.39 is 56.9 Å². The van der Waals surface area contributed by atoms with E-state index in [1.54, 1.807) is 25.1 Å². The maximum Gasteiger partial charge on any atom is 0.459 e. The van der Waals surface area contributed by atoms with Gasteiger partial charge in [0.2, 0.25) is 11.6 Å². The maximum absolute atomic E-state index is 16.1. The number of ether oxygens (including phenoxy) is 2. The first kappa shape index (κ1) is 30.9. The molecule has 0 amide bonds. The average Bonchev–Trinajstić information content (AvgIpc) is 3.62. The van der Waals surface area contributed by atoms with Crippen LogP contribution in [0.5, 0.6) is 5.75 Å². The largest absolute Gasteiger partial charge is 0.465 e. The number of benzene rings is 1. The first-order valence-corrected chi connectivity index (χ1v) is 15.0. The lowest BCUT2D eigenvalue weighted by atomic mass is 9.96. The number of alkyl halides is 3. The molecule has 5 N–H and O–H groups in total. The molecule has 234 valence electrons. The summed E-state index contributed by atoms with van der Waals surface area (Å²) in [6, 6.07) is 6.68. The van der Waals surface area contributed by atoms with Crippen LogP contribution < -0.4 is 20.7 Å². The number of aliphatic hydroxyl groups excluding tert-OH is 1. The number of carbonyl (C=O) groups excluding carboxylic acids is 1. The van der Waals surface area contributed by atoms with Crippen LogP contribution in [0.2, 0.25) is 0 Å². The van der Waals surface area contributed by atoms with E-state index >= 15 is 4.39 Å². The minimum atomic E-state index is -4.48. The highest BCUT2D eigenvalue weighted by atomic mass is 31.2. The monoisotopic (exact) mass is 629 g/mol. The maximum atomic E-state index is 16.1. The number of carbonyl (C=O) groups is 1. The molecule has 14 nitrogen and oxygen atoms in total. The molecule has 2 fully saturated rings. The van der Waals surface area contributed by atoms with Crippen LogP contribution >= 0.6 is 7.75 Å². The predicted molar refractivity (Wildman–Crippen MR) is 146 cm³/mol. The predicted octanol–water partition coefficient (Wildman–Crippen LogP) is 2.96. The molecule has 2 aliphatic rings. The van der Waals surface area contributed by atoms with Gasteiger partial charge in [-0.25, -0.2) is 22.7 Å². The number of imidazole rings is 1. The molecule has 1 aromatic carbocycles. The molecule has 0 radical (unpaired) electrons. The summed E-state index contributed by atoms with van der Waals surface area (Å²) < 4.78 is 80.8. The van der Waals surface area contributed by atoms with Crippen LogP contribution in [0.4, 0.5) is 24.9 Å². The zero-order chi connectivity index (χ0) is 30.9. The standard InChI is InChI=1S/C25H31F3N7O7P/c1-3-39-21(37)13(2)34-43(38,42-15-7-5-4-6-8-15)40-11-16-18(36)25(28,22(26)27)23(41-16)35-12-30-17-19(31-14-9-10-14)32-24(29)33-20(17)35/h4-8,12-14,16,18,22-23,36H,3,9-11H2,1-2H3,(H,34,38)(H3,29,31,32,33)/t13-,16-,18-,23-,25+,43?/m1/s1. The van der Waals surface area contributed by atoms with Gasteiger partial charge in [0, 0.05) is 6.04 Å². The molecule has 2 aromatic heterocycles. The fourth-order valence-electron chi connectivity index (χ4n) is 4.49. The van der Waals surface area contributed by atoms with Crippen molar-refractivity contribution in [1.29, 1.82) is 0 Å². The van der Waals surface area contributed by atoms with Crippen molar-refractivity contribution in [3.63, 3.8) is 0 Å². The summed E-state index contributed by atoms with van der Waals surface area (Å²) >= 11 is 0. The smallest absolute Gasteiger partial charge is 0.459 e. The number of nitrogens with one attached hydrogen (secondary N) is 2. The number of para-hydroxylation sites is 1. The van der Waals surface area contributed by atoms with Gasteiger partial charge in [-0.15, -0.1) is 0 Å². The molecular weight excluding hydrogens is 598 g/mol. The van der Waals surface area contributed by atoms with Crippen molar-refractivity contribution in [2.24, 2.45) is 0 Å². The van der Waals surface area contributed by atoms with Crippen molar-refractivity contribution >= 4 is 36.6 Å². The molecule has 1 unspecified atom stereocenters. The highest BCUT2D eigenvalue weighted by molar-refractivity contribution is 7.52. The van der Waals surface area contributed by atoms with Crippen molar-refractivity contribution in [2.45, 2.75) is 69.3 Å². The Labute approximate surface area is 243 Å².